The minimum Gasteiger partial charge on any atom is -0.374 e. The lowest BCUT2D eigenvalue weighted by molar-refractivity contribution is 0.0321. The van der Waals surface area contributed by atoms with Crippen LogP contribution < -0.4 is 5.32 Å². The zero-order valence-electron chi connectivity index (χ0n) is 12.8. The molecule has 0 saturated carbocycles. The summed E-state index contributed by atoms with van der Waals surface area (Å²) in [5, 5.41) is 4.88. The number of aromatic nitrogens is 1. The van der Waals surface area contributed by atoms with Gasteiger partial charge in [-0.25, -0.2) is 4.98 Å². The number of nitrogens with zero attached hydrogens (tertiary/aromatic N) is 1. The van der Waals surface area contributed by atoms with E-state index in [4.69, 9.17) is 9.72 Å². The molecule has 21 heavy (non-hydrogen) atoms. The van der Waals surface area contributed by atoms with Gasteiger partial charge in [-0.3, -0.25) is 0 Å². The van der Waals surface area contributed by atoms with Crippen molar-refractivity contribution in [2.75, 3.05) is 6.54 Å². The van der Waals surface area contributed by atoms with Crippen molar-refractivity contribution in [1.29, 1.82) is 0 Å². The molecule has 0 spiro atoms. The summed E-state index contributed by atoms with van der Waals surface area (Å²) in [6, 6.07) is 8.77. The van der Waals surface area contributed by atoms with Gasteiger partial charge in [-0.2, -0.15) is 0 Å². The highest BCUT2D eigenvalue weighted by Gasteiger charge is 2.30. The van der Waals surface area contributed by atoms with Gasteiger partial charge in [0.1, 0.15) is 0 Å². The van der Waals surface area contributed by atoms with Gasteiger partial charge < -0.3 is 10.1 Å². The van der Waals surface area contributed by atoms with Crippen LogP contribution in [0.25, 0.3) is 10.2 Å². The smallest absolute Gasteiger partial charge is 0.0955 e. The van der Waals surface area contributed by atoms with Crippen LogP contribution in [-0.4, -0.2) is 29.8 Å². The standard InChI is InChI=1S/C17H24N2OS/c1-3-10-18-14(15-9-8-12(2)20-15)11-17-19-13-6-4-5-7-16(13)21-17/h4-7,12,14-15,18H,3,8-11H2,1-2H3. The Morgan fingerprint density at radius 1 is 1.38 bits per heavy atom. The zero-order valence-corrected chi connectivity index (χ0v) is 13.7. The Balaban J connectivity index is 1.73. The Kier molecular flexibility index (Phi) is 4.88. The SMILES string of the molecule is CCCNC(Cc1nc2ccccc2s1)C1CCC(C)O1. The van der Waals surface area contributed by atoms with Crippen LogP contribution >= 0.6 is 11.3 Å². The minimum atomic E-state index is 0.332. The fraction of sp³-hybridized carbons (Fsp3) is 0.588. The first kappa shape index (κ1) is 14.9. The average molecular weight is 304 g/mol. The normalized spacial score (nSPS) is 23.7. The number of hydrogen-bond donors (Lipinski definition) is 1. The Hall–Kier alpha value is -0.970. The number of fused-ring (bicyclic) bond motifs is 1. The molecule has 3 nitrogen and oxygen atoms in total. The highest BCUT2D eigenvalue weighted by atomic mass is 32.1. The molecule has 2 heterocycles. The maximum Gasteiger partial charge on any atom is 0.0955 e. The summed E-state index contributed by atoms with van der Waals surface area (Å²) in [5.74, 6) is 0. The van der Waals surface area contributed by atoms with Crippen LogP contribution in [0.15, 0.2) is 24.3 Å². The molecule has 0 radical (unpaired) electrons. The molecule has 1 saturated heterocycles. The molecule has 1 fully saturated rings. The van der Waals surface area contributed by atoms with E-state index in [0.717, 1.165) is 31.3 Å². The van der Waals surface area contributed by atoms with Crippen LogP contribution in [0.1, 0.15) is 38.1 Å². The molecule has 1 aromatic carbocycles. The fourth-order valence-corrected chi connectivity index (χ4v) is 4.02. The van der Waals surface area contributed by atoms with Gasteiger partial charge in [0, 0.05) is 12.5 Å². The third kappa shape index (κ3) is 3.62. The van der Waals surface area contributed by atoms with E-state index < -0.39 is 0 Å². The number of ether oxygens (including phenoxy) is 1. The largest absolute Gasteiger partial charge is 0.374 e. The van der Waals surface area contributed by atoms with E-state index in [1.54, 1.807) is 0 Å². The summed E-state index contributed by atoms with van der Waals surface area (Å²) < 4.78 is 7.36. The molecule has 0 bridgehead atoms. The molecule has 1 N–H and O–H groups in total. The molecule has 1 aliphatic rings. The van der Waals surface area contributed by atoms with E-state index in [1.165, 1.54) is 16.1 Å². The average Bonchev–Trinajstić information content (AvgIpc) is 3.08. The number of hydrogen-bond acceptors (Lipinski definition) is 4. The van der Waals surface area contributed by atoms with E-state index in [0.29, 0.717) is 18.2 Å². The van der Waals surface area contributed by atoms with E-state index in [9.17, 15) is 0 Å². The van der Waals surface area contributed by atoms with Crippen LogP contribution in [0.2, 0.25) is 0 Å². The molecule has 4 heteroatoms. The predicted octanol–water partition coefficient (Wildman–Crippen LogP) is 3.77. The van der Waals surface area contributed by atoms with Gasteiger partial charge in [0.2, 0.25) is 0 Å². The van der Waals surface area contributed by atoms with E-state index >= 15 is 0 Å². The third-order valence-electron chi connectivity index (χ3n) is 4.10. The second-order valence-electron chi connectivity index (χ2n) is 5.90. The lowest BCUT2D eigenvalue weighted by Gasteiger charge is -2.24. The zero-order chi connectivity index (χ0) is 14.7. The van der Waals surface area contributed by atoms with Crippen molar-refractivity contribution in [3.05, 3.63) is 29.3 Å². The minimum absolute atomic E-state index is 0.332. The number of rotatable bonds is 6. The molecular formula is C17H24N2OS. The Morgan fingerprint density at radius 2 is 2.24 bits per heavy atom. The second-order valence-corrected chi connectivity index (χ2v) is 7.02. The van der Waals surface area contributed by atoms with Gasteiger partial charge in [0.05, 0.1) is 27.4 Å². The van der Waals surface area contributed by atoms with Crippen LogP contribution in [0.4, 0.5) is 0 Å². The maximum absolute atomic E-state index is 6.08. The summed E-state index contributed by atoms with van der Waals surface area (Å²) in [6.07, 6.45) is 5.19. The molecule has 3 atom stereocenters. The molecule has 0 amide bonds. The van der Waals surface area contributed by atoms with Gasteiger partial charge in [0.15, 0.2) is 0 Å². The maximum atomic E-state index is 6.08. The topological polar surface area (TPSA) is 34.2 Å². The monoisotopic (exact) mass is 304 g/mol. The van der Waals surface area contributed by atoms with Crippen LogP contribution in [0.3, 0.4) is 0 Å². The number of thiazole rings is 1. The highest BCUT2D eigenvalue weighted by Crippen LogP contribution is 2.27. The molecule has 114 valence electrons. The van der Waals surface area contributed by atoms with E-state index in [2.05, 4.69) is 43.4 Å². The van der Waals surface area contributed by atoms with Gasteiger partial charge in [-0.1, -0.05) is 19.1 Å². The van der Waals surface area contributed by atoms with Crippen molar-refractivity contribution < 1.29 is 4.74 Å². The van der Waals surface area contributed by atoms with Gasteiger partial charge in [-0.05, 0) is 44.9 Å². The summed E-state index contributed by atoms with van der Waals surface area (Å²) in [4.78, 5) is 4.77. The van der Waals surface area contributed by atoms with Crippen molar-refractivity contribution in [3.63, 3.8) is 0 Å². The predicted molar refractivity (Wildman–Crippen MR) is 89.0 cm³/mol. The molecule has 2 aromatic rings. The van der Waals surface area contributed by atoms with Crippen molar-refractivity contribution in [2.45, 2.75) is 57.8 Å². The molecule has 0 aliphatic carbocycles. The van der Waals surface area contributed by atoms with Crippen molar-refractivity contribution in [3.8, 4) is 0 Å². The first-order chi connectivity index (χ1) is 10.3. The molecule has 1 aliphatic heterocycles. The van der Waals surface area contributed by atoms with Crippen molar-refractivity contribution in [1.82, 2.24) is 10.3 Å². The fourth-order valence-electron chi connectivity index (χ4n) is 2.99. The Labute approximate surface area is 130 Å². The molecule has 1 aromatic heterocycles. The lowest BCUT2D eigenvalue weighted by Crippen LogP contribution is -2.42. The van der Waals surface area contributed by atoms with Crippen LogP contribution in [0.5, 0.6) is 0 Å². The number of para-hydroxylation sites is 1. The summed E-state index contributed by atoms with van der Waals surface area (Å²) >= 11 is 1.81. The van der Waals surface area contributed by atoms with Crippen LogP contribution in [0, 0.1) is 0 Å². The molecule has 3 rings (SSSR count). The molecule has 3 unspecified atom stereocenters. The van der Waals surface area contributed by atoms with E-state index in [-0.39, 0.29) is 0 Å². The highest BCUT2D eigenvalue weighted by molar-refractivity contribution is 7.18. The first-order valence-corrected chi connectivity index (χ1v) is 8.81. The Bertz CT molecular complexity index is 550. The third-order valence-corrected chi connectivity index (χ3v) is 5.16. The quantitative estimate of drug-likeness (QED) is 0.882. The summed E-state index contributed by atoms with van der Waals surface area (Å²) in [6.45, 7) is 5.43. The lowest BCUT2D eigenvalue weighted by atomic mass is 10.0. The molecular weight excluding hydrogens is 280 g/mol. The van der Waals surface area contributed by atoms with E-state index in [1.807, 2.05) is 11.3 Å². The van der Waals surface area contributed by atoms with Crippen LogP contribution in [-0.2, 0) is 11.2 Å². The summed E-state index contributed by atoms with van der Waals surface area (Å²) in [7, 11) is 0. The van der Waals surface area contributed by atoms with Crippen molar-refractivity contribution in [2.24, 2.45) is 0 Å². The van der Waals surface area contributed by atoms with Gasteiger partial charge in [-0.15, -0.1) is 11.3 Å². The number of benzene rings is 1. The van der Waals surface area contributed by atoms with Gasteiger partial charge >= 0.3 is 0 Å². The number of nitrogens with one attached hydrogen (secondary N) is 1. The Morgan fingerprint density at radius 3 is 2.95 bits per heavy atom. The first-order valence-electron chi connectivity index (χ1n) is 7.99. The second kappa shape index (κ2) is 6.86. The summed E-state index contributed by atoms with van der Waals surface area (Å²) in [5.41, 5.74) is 1.12. The van der Waals surface area contributed by atoms with Crippen molar-refractivity contribution >= 4 is 21.6 Å². The van der Waals surface area contributed by atoms with Gasteiger partial charge in [0.25, 0.3) is 0 Å².